The fourth-order valence-corrected chi connectivity index (χ4v) is 3.58. The van der Waals surface area contributed by atoms with Crippen LogP contribution >= 0.6 is 0 Å². The summed E-state index contributed by atoms with van der Waals surface area (Å²) in [5.41, 5.74) is 1.38. The molecule has 20 heavy (non-hydrogen) atoms. The molecule has 1 aromatic carbocycles. The molecule has 2 aliphatic rings. The highest BCUT2D eigenvalue weighted by Crippen LogP contribution is 2.22. The molecule has 2 saturated heterocycles. The number of piperidine rings is 2. The Balaban J connectivity index is 1.60. The van der Waals surface area contributed by atoms with Crippen molar-refractivity contribution in [2.75, 3.05) is 26.2 Å². The molecule has 2 atom stereocenters. The molecule has 110 valence electrons. The van der Waals surface area contributed by atoms with E-state index in [0.717, 1.165) is 26.1 Å². The molecule has 3 heteroatoms. The Kier molecular flexibility index (Phi) is 4.71. The van der Waals surface area contributed by atoms with Crippen LogP contribution in [0.3, 0.4) is 0 Å². The lowest BCUT2D eigenvalue weighted by Crippen LogP contribution is -2.56. The van der Waals surface area contributed by atoms with Crippen molar-refractivity contribution in [3.8, 4) is 0 Å². The lowest BCUT2D eigenvalue weighted by molar-refractivity contribution is -0.0203. The highest BCUT2D eigenvalue weighted by Gasteiger charge is 2.32. The molecule has 0 bridgehead atoms. The molecule has 0 aromatic heterocycles. The summed E-state index contributed by atoms with van der Waals surface area (Å²) in [6.07, 6.45) is 4.71. The van der Waals surface area contributed by atoms with Crippen LogP contribution in [-0.2, 0) is 6.54 Å². The quantitative estimate of drug-likeness (QED) is 0.914. The fraction of sp³-hybridized carbons (Fsp3) is 0.647. The first-order valence-electron chi connectivity index (χ1n) is 8.01. The summed E-state index contributed by atoms with van der Waals surface area (Å²) in [4.78, 5) is 5.02. The lowest BCUT2D eigenvalue weighted by atomic mass is 9.97. The van der Waals surface area contributed by atoms with Gasteiger partial charge in [0.05, 0.1) is 6.10 Å². The molecule has 0 aliphatic carbocycles. The second kappa shape index (κ2) is 6.70. The topological polar surface area (TPSA) is 26.7 Å². The zero-order valence-electron chi connectivity index (χ0n) is 12.2. The van der Waals surface area contributed by atoms with E-state index < -0.39 is 0 Å². The van der Waals surface area contributed by atoms with Crippen LogP contribution in [0, 0.1) is 0 Å². The van der Waals surface area contributed by atoms with Gasteiger partial charge in [-0.15, -0.1) is 0 Å². The number of benzene rings is 1. The van der Waals surface area contributed by atoms with Crippen molar-refractivity contribution in [1.82, 2.24) is 9.80 Å². The van der Waals surface area contributed by atoms with Gasteiger partial charge in [-0.3, -0.25) is 9.80 Å². The van der Waals surface area contributed by atoms with E-state index in [-0.39, 0.29) is 6.10 Å². The molecular formula is C17H26N2O. The van der Waals surface area contributed by atoms with Gasteiger partial charge in [0, 0.05) is 25.7 Å². The second-order valence-corrected chi connectivity index (χ2v) is 6.24. The van der Waals surface area contributed by atoms with Crippen LogP contribution in [-0.4, -0.2) is 53.2 Å². The van der Waals surface area contributed by atoms with Gasteiger partial charge in [-0.2, -0.15) is 0 Å². The molecular weight excluding hydrogens is 248 g/mol. The van der Waals surface area contributed by atoms with Crippen LogP contribution < -0.4 is 0 Å². The standard InChI is InChI=1S/C17H26N2O/c20-17-9-12-18(13-15-7-3-1-4-8-15)14-16(17)19-10-5-2-6-11-19/h1,3-4,7-8,16-17,20H,2,5-6,9-14H2/t16-,17-/m1/s1. The maximum Gasteiger partial charge on any atom is 0.0720 e. The highest BCUT2D eigenvalue weighted by atomic mass is 16.3. The Morgan fingerprint density at radius 3 is 2.50 bits per heavy atom. The van der Waals surface area contributed by atoms with Crippen molar-refractivity contribution in [2.45, 2.75) is 44.4 Å². The minimum Gasteiger partial charge on any atom is -0.391 e. The summed E-state index contributed by atoms with van der Waals surface area (Å²) < 4.78 is 0. The van der Waals surface area contributed by atoms with Gasteiger partial charge in [-0.25, -0.2) is 0 Å². The SMILES string of the molecule is O[C@@H]1CCN(Cc2ccccc2)C[C@H]1N1CCCCC1. The molecule has 3 nitrogen and oxygen atoms in total. The summed E-state index contributed by atoms with van der Waals surface area (Å²) in [6.45, 7) is 5.37. The van der Waals surface area contributed by atoms with Gasteiger partial charge in [-0.05, 0) is 37.9 Å². The smallest absolute Gasteiger partial charge is 0.0720 e. The Labute approximate surface area is 122 Å². The number of nitrogens with zero attached hydrogens (tertiary/aromatic N) is 2. The third-order valence-electron chi connectivity index (χ3n) is 4.74. The van der Waals surface area contributed by atoms with Crippen LogP contribution in [0.25, 0.3) is 0 Å². The van der Waals surface area contributed by atoms with Crippen LogP contribution in [0.5, 0.6) is 0 Å². The van der Waals surface area contributed by atoms with Crippen LogP contribution in [0.1, 0.15) is 31.2 Å². The maximum atomic E-state index is 10.3. The molecule has 0 amide bonds. The zero-order chi connectivity index (χ0) is 13.8. The number of aliphatic hydroxyl groups is 1. The van der Waals surface area contributed by atoms with Gasteiger partial charge in [0.25, 0.3) is 0 Å². The number of aliphatic hydroxyl groups excluding tert-OH is 1. The summed E-state index contributed by atoms with van der Waals surface area (Å²) >= 11 is 0. The first-order valence-corrected chi connectivity index (χ1v) is 8.01. The molecule has 2 aliphatic heterocycles. The number of rotatable bonds is 3. The van der Waals surface area contributed by atoms with E-state index in [1.54, 1.807) is 0 Å². The number of likely N-dealkylation sites (tertiary alicyclic amines) is 2. The van der Waals surface area contributed by atoms with Crippen molar-refractivity contribution < 1.29 is 5.11 Å². The predicted octanol–water partition coefficient (Wildman–Crippen LogP) is 2.11. The Morgan fingerprint density at radius 2 is 1.75 bits per heavy atom. The third kappa shape index (κ3) is 3.40. The van der Waals surface area contributed by atoms with Crippen LogP contribution in [0.4, 0.5) is 0 Å². The minimum absolute atomic E-state index is 0.139. The predicted molar refractivity (Wildman–Crippen MR) is 81.6 cm³/mol. The van der Waals surface area contributed by atoms with Crippen molar-refractivity contribution >= 4 is 0 Å². The molecule has 0 radical (unpaired) electrons. The molecule has 3 rings (SSSR count). The molecule has 2 fully saturated rings. The summed E-state index contributed by atoms with van der Waals surface area (Å²) in [7, 11) is 0. The van der Waals surface area contributed by atoms with Gasteiger partial charge in [0.1, 0.15) is 0 Å². The van der Waals surface area contributed by atoms with E-state index in [9.17, 15) is 5.11 Å². The minimum atomic E-state index is -0.139. The van der Waals surface area contributed by atoms with Crippen LogP contribution in [0.2, 0.25) is 0 Å². The summed E-state index contributed by atoms with van der Waals surface area (Å²) in [5, 5.41) is 10.3. The number of hydrogen-bond acceptors (Lipinski definition) is 3. The van der Waals surface area contributed by atoms with Gasteiger partial charge in [-0.1, -0.05) is 36.8 Å². The first-order chi connectivity index (χ1) is 9.83. The Bertz CT molecular complexity index is 403. The molecule has 0 saturated carbocycles. The average molecular weight is 274 g/mol. The fourth-order valence-electron chi connectivity index (χ4n) is 3.58. The monoisotopic (exact) mass is 274 g/mol. The highest BCUT2D eigenvalue weighted by molar-refractivity contribution is 5.14. The van der Waals surface area contributed by atoms with Crippen molar-refractivity contribution in [2.24, 2.45) is 0 Å². The summed E-state index contributed by atoms with van der Waals surface area (Å²) in [6, 6.07) is 11.0. The van der Waals surface area contributed by atoms with E-state index in [0.29, 0.717) is 6.04 Å². The van der Waals surface area contributed by atoms with E-state index in [4.69, 9.17) is 0 Å². The van der Waals surface area contributed by atoms with Gasteiger partial charge in [0.2, 0.25) is 0 Å². The molecule has 0 spiro atoms. The van der Waals surface area contributed by atoms with Gasteiger partial charge < -0.3 is 5.11 Å². The van der Waals surface area contributed by atoms with Gasteiger partial charge in [0.15, 0.2) is 0 Å². The number of hydrogen-bond donors (Lipinski definition) is 1. The van der Waals surface area contributed by atoms with E-state index >= 15 is 0 Å². The second-order valence-electron chi connectivity index (χ2n) is 6.24. The molecule has 1 aromatic rings. The molecule has 1 N–H and O–H groups in total. The Hall–Kier alpha value is -0.900. The molecule has 0 unspecified atom stereocenters. The lowest BCUT2D eigenvalue weighted by Gasteiger charge is -2.43. The van der Waals surface area contributed by atoms with Crippen LogP contribution in [0.15, 0.2) is 30.3 Å². The normalized spacial score (nSPS) is 29.4. The first kappa shape index (κ1) is 14.1. The molecule has 2 heterocycles. The largest absolute Gasteiger partial charge is 0.391 e. The Morgan fingerprint density at radius 1 is 1.00 bits per heavy atom. The summed E-state index contributed by atoms with van der Waals surface area (Å²) in [5.74, 6) is 0. The van der Waals surface area contributed by atoms with Crippen molar-refractivity contribution in [1.29, 1.82) is 0 Å². The van der Waals surface area contributed by atoms with E-state index in [2.05, 4.69) is 40.1 Å². The van der Waals surface area contributed by atoms with Crippen molar-refractivity contribution in [3.63, 3.8) is 0 Å². The van der Waals surface area contributed by atoms with E-state index in [1.807, 2.05) is 0 Å². The zero-order valence-corrected chi connectivity index (χ0v) is 12.2. The average Bonchev–Trinajstić information content (AvgIpc) is 2.51. The third-order valence-corrected chi connectivity index (χ3v) is 4.74. The van der Waals surface area contributed by atoms with Crippen molar-refractivity contribution in [3.05, 3.63) is 35.9 Å². The van der Waals surface area contributed by atoms with E-state index in [1.165, 1.54) is 37.9 Å². The maximum absolute atomic E-state index is 10.3. The van der Waals surface area contributed by atoms with Gasteiger partial charge >= 0.3 is 0 Å².